The molecule has 26 heavy (non-hydrogen) atoms. The molecule has 0 saturated carbocycles. The first-order valence-corrected chi connectivity index (χ1v) is 9.83. The van der Waals surface area contributed by atoms with E-state index in [0.29, 0.717) is 17.9 Å². The van der Waals surface area contributed by atoms with Crippen molar-refractivity contribution in [3.05, 3.63) is 65.2 Å². The van der Waals surface area contributed by atoms with Crippen molar-refractivity contribution >= 4 is 27.4 Å². The summed E-state index contributed by atoms with van der Waals surface area (Å²) in [6.07, 6.45) is 1.91. The van der Waals surface area contributed by atoms with Gasteiger partial charge in [-0.25, -0.2) is 13.2 Å². The molecule has 0 radical (unpaired) electrons. The number of para-hydroxylation sites is 1. The molecule has 0 bridgehead atoms. The number of nitrogens with zero attached hydrogens (tertiary/aromatic N) is 2. The lowest BCUT2D eigenvalue weighted by Gasteiger charge is -2.36. The molecule has 0 aromatic heterocycles. The Labute approximate surface area is 154 Å². The number of hydrogen-bond donors (Lipinski definition) is 0. The second kappa shape index (κ2) is 6.61. The minimum absolute atomic E-state index is 0.140. The molecule has 1 heterocycles. The Hall–Kier alpha value is -2.60. The molecule has 3 rings (SSSR count). The van der Waals surface area contributed by atoms with Crippen LogP contribution in [0.4, 0.5) is 16.2 Å². The van der Waals surface area contributed by atoms with Crippen molar-refractivity contribution in [1.82, 2.24) is 0 Å². The number of anilines is 2. The van der Waals surface area contributed by atoms with Crippen molar-refractivity contribution in [2.75, 3.05) is 15.7 Å². The topological polar surface area (TPSA) is 57.7 Å². The van der Waals surface area contributed by atoms with Gasteiger partial charge in [0, 0.05) is 6.54 Å². The molecule has 0 N–H and O–H groups in total. The zero-order chi connectivity index (χ0) is 19.1. The van der Waals surface area contributed by atoms with Crippen LogP contribution in [0, 0.1) is 13.8 Å². The number of aryl methyl sites for hydroxylation is 2. The summed E-state index contributed by atoms with van der Waals surface area (Å²) in [7, 11) is -3.97. The van der Waals surface area contributed by atoms with Crippen LogP contribution in [-0.2, 0) is 10.0 Å². The zero-order valence-electron chi connectivity index (χ0n) is 15.4. The van der Waals surface area contributed by atoms with Gasteiger partial charge in [0.25, 0.3) is 10.0 Å². The Morgan fingerprint density at radius 3 is 2.27 bits per heavy atom. The number of carbonyl (C=O) groups excluding carboxylic acids is 1. The zero-order valence-corrected chi connectivity index (χ0v) is 16.2. The first-order valence-electron chi connectivity index (χ1n) is 8.39. The van der Waals surface area contributed by atoms with Gasteiger partial charge in [0.1, 0.15) is 4.90 Å². The van der Waals surface area contributed by atoms with Gasteiger partial charge in [0.2, 0.25) is 0 Å². The van der Waals surface area contributed by atoms with E-state index in [1.54, 1.807) is 36.4 Å². The molecular formula is C20H22N2O3S. The minimum atomic E-state index is -3.97. The standard InChI is InChI=1S/C20H22N2O3S/c1-14(2)9-10-21-18-7-5-6-8-19(18)26(24,25)22(20(21)23)17-12-15(3)11-16(4)13-17/h5-9,11-13H,10H2,1-4H3. The summed E-state index contributed by atoms with van der Waals surface area (Å²) in [5.74, 6) is 0. The fraction of sp³-hybridized carbons (Fsp3) is 0.250. The predicted octanol–water partition coefficient (Wildman–Crippen LogP) is 4.40. The van der Waals surface area contributed by atoms with E-state index < -0.39 is 16.1 Å². The lowest BCUT2D eigenvalue weighted by molar-refractivity contribution is 0.254. The lowest BCUT2D eigenvalue weighted by atomic mass is 10.1. The maximum Gasteiger partial charge on any atom is 0.343 e. The highest BCUT2D eigenvalue weighted by Crippen LogP contribution is 2.37. The Morgan fingerprint density at radius 2 is 1.65 bits per heavy atom. The molecule has 2 aromatic rings. The maximum atomic E-state index is 13.2. The number of amides is 2. The average molecular weight is 370 g/mol. The molecule has 0 spiro atoms. The number of carbonyl (C=O) groups is 1. The summed E-state index contributed by atoms with van der Waals surface area (Å²) < 4.78 is 27.3. The van der Waals surface area contributed by atoms with Gasteiger partial charge >= 0.3 is 6.03 Å². The van der Waals surface area contributed by atoms with E-state index in [0.717, 1.165) is 21.0 Å². The van der Waals surface area contributed by atoms with Crippen LogP contribution >= 0.6 is 0 Å². The summed E-state index contributed by atoms with van der Waals surface area (Å²) in [6, 6.07) is 11.4. The molecule has 6 heteroatoms. The number of sulfonamides is 1. The molecule has 0 saturated heterocycles. The van der Waals surface area contributed by atoms with Crippen LogP contribution in [0.15, 0.2) is 59.0 Å². The number of rotatable bonds is 3. The van der Waals surface area contributed by atoms with E-state index in [4.69, 9.17) is 0 Å². The van der Waals surface area contributed by atoms with Gasteiger partial charge in [0.05, 0.1) is 11.4 Å². The van der Waals surface area contributed by atoms with Crippen LogP contribution in [-0.4, -0.2) is 21.0 Å². The second-order valence-electron chi connectivity index (χ2n) is 6.76. The average Bonchev–Trinajstić information content (AvgIpc) is 2.53. The third-order valence-electron chi connectivity index (χ3n) is 4.20. The van der Waals surface area contributed by atoms with E-state index >= 15 is 0 Å². The van der Waals surface area contributed by atoms with Crippen LogP contribution in [0.25, 0.3) is 0 Å². The van der Waals surface area contributed by atoms with Crippen molar-refractivity contribution in [3.8, 4) is 0 Å². The molecule has 0 atom stereocenters. The van der Waals surface area contributed by atoms with Gasteiger partial charge in [-0.15, -0.1) is 0 Å². The second-order valence-corrected chi connectivity index (χ2v) is 8.51. The fourth-order valence-corrected chi connectivity index (χ4v) is 4.66. The van der Waals surface area contributed by atoms with Gasteiger partial charge < -0.3 is 0 Å². The molecular weight excluding hydrogens is 348 g/mol. The maximum absolute atomic E-state index is 13.2. The Balaban J connectivity index is 2.23. The smallest absolute Gasteiger partial charge is 0.288 e. The van der Waals surface area contributed by atoms with Gasteiger partial charge in [-0.2, -0.15) is 4.31 Å². The molecule has 0 fully saturated rings. The minimum Gasteiger partial charge on any atom is -0.288 e. The Morgan fingerprint density at radius 1 is 1.04 bits per heavy atom. The number of benzene rings is 2. The van der Waals surface area contributed by atoms with E-state index in [1.165, 1.54) is 4.90 Å². The SMILES string of the molecule is CC(C)=CCN1C(=O)N(c2cc(C)cc(C)c2)S(=O)(=O)c2ccccc21. The van der Waals surface area contributed by atoms with Gasteiger partial charge in [-0.1, -0.05) is 29.8 Å². The van der Waals surface area contributed by atoms with E-state index in [2.05, 4.69) is 0 Å². The highest BCUT2D eigenvalue weighted by molar-refractivity contribution is 7.94. The van der Waals surface area contributed by atoms with Crippen LogP contribution in [0.1, 0.15) is 25.0 Å². The first-order chi connectivity index (χ1) is 12.2. The molecule has 1 aliphatic rings. The van der Waals surface area contributed by atoms with Crippen molar-refractivity contribution in [2.24, 2.45) is 0 Å². The highest BCUT2D eigenvalue weighted by Gasteiger charge is 2.42. The molecule has 1 aliphatic heterocycles. The normalized spacial score (nSPS) is 15.6. The highest BCUT2D eigenvalue weighted by atomic mass is 32.2. The van der Waals surface area contributed by atoms with Crippen molar-refractivity contribution < 1.29 is 13.2 Å². The lowest BCUT2D eigenvalue weighted by Crippen LogP contribution is -2.51. The fourth-order valence-electron chi connectivity index (χ4n) is 3.08. The molecule has 5 nitrogen and oxygen atoms in total. The summed E-state index contributed by atoms with van der Waals surface area (Å²) >= 11 is 0. The molecule has 0 aliphatic carbocycles. The summed E-state index contributed by atoms with van der Waals surface area (Å²) in [5.41, 5.74) is 3.64. The summed E-state index contributed by atoms with van der Waals surface area (Å²) in [5, 5.41) is 0. The van der Waals surface area contributed by atoms with Crippen molar-refractivity contribution in [1.29, 1.82) is 0 Å². The summed E-state index contributed by atoms with van der Waals surface area (Å²) in [6.45, 7) is 7.96. The quantitative estimate of drug-likeness (QED) is 0.752. The van der Waals surface area contributed by atoms with Crippen LogP contribution in [0.2, 0.25) is 0 Å². The van der Waals surface area contributed by atoms with E-state index in [1.807, 2.05) is 39.8 Å². The first kappa shape index (κ1) is 18.2. The predicted molar refractivity (Wildman–Crippen MR) is 104 cm³/mol. The molecule has 2 aromatic carbocycles. The van der Waals surface area contributed by atoms with Gasteiger partial charge in [-0.05, 0) is 63.1 Å². The number of urea groups is 1. The molecule has 2 amide bonds. The van der Waals surface area contributed by atoms with Crippen molar-refractivity contribution in [3.63, 3.8) is 0 Å². The summed E-state index contributed by atoms with van der Waals surface area (Å²) in [4.78, 5) is 14.8. The van der Waals surface area contributed by atoms with E-state index in [9.17, 15) is 13.2 Å². The van der Waals surface area contributed by atoms with Crippen LogP contribution in [0.5, 0.6) is 0 Å². The largest absolute Gasteiger partial charge is 0.343 e. The van der Waals surface area contributed by atoms with Gasteiger partial charge in [0.15, 0.2) is 0 Å². The van der Waals surface area contributed by atoms with Crippen LogP contribution in [0.3, 0.4) is 0 Å². The number of hydrogen-bond acceptors (Lipinski definition) is 3. The third-order valence-corrected chi connectivity index (χ3v) is 5.95. The Kier molecular flexibility index (Phi) is 4.63. The molecule has 136 valence electrons. The van der Waals surface area contributed by atoms with Crippen LogP contribution < -0.4 is 9.21 Å². The third kappa shape index (κ3) is 3.12. The van der Waals surface area contributed by atoms with Crippen molar-refractivity contribution in [2.45, 2.75) is 32.6 Å². The van der Waals surface area contributed by atoms with Gasteiger partial charge in [-0.3, -0.25) is 4.90 Å². The molecule has 0 unspecified atom stereocenters. The number of fused-ring (bicyclic) bond motifs is 1. The monoisotopic (exact) mass is 370 g/mol. The number of allylic oxidation sites excluding steroid dienone is 1. The Bertz CT molecular complexity index is 985. The van der Waals surface area contributed by atoms with E-state index in [-0.39, 0.29) is 4.90 Å².